The summed E-state index contributed by atoms with van der Waals surface area (Å²) in [6, 6.07) is 55.1. The molecule has 0 atom stereocenters. The molecule has 0 unspecified atom stereocenters. The van der Waals surface area contributed by atoms with Gasteiger partial charge >= 0.3 is 0 Å². The molecule has 9 rings (SSSR count). The lowest BCUT2D eigenvalue weighted by atomic mass is 9.78. The molecule has 8 aromatic rings. The van der Waals surface area contributed by atoms with Crippen molar-refractivity contribution in [3.8, 4) is 17.3 Å². The zero-order valence-corrected chi connectivity index (χ0v) is 39.5. The van der Waals surface area contributed by atoms with Crippen molar-refractivity contribution in [2.24, 2.45) is 0 Å². The summed E-state index contributed by atoms with van der Waals surface area (Å²) < 4.78 is 9.42. The van der Waals surface area contributed by atoms with E-state index in [1.807, 2.05) is 6.20 Å². The second kappa shape index (κ2) is 15.9. The first-order valence-corrected chi connectivity index (χ1v) is 22.7. The van der Waals surface area contributed by atoms with Gasteiger partial charge in [-0.1, -0.05) is 155 Å². The number of aromatic nitrogens is 2. The van der Waals surface area contributed by atoms with Crippen LogP contribution in [-0.4, -0.2) is 16.2 Å². The normalized spacial score (nSPS) is 13.8. The van der Waals surface area contributed by atoms with Crippen molar-refractivity contribution in [3.63, 3.8) is 0 Å². The molecule has 1 aliphatic rings. The van der Waals surface area contributed by atoms with Gasteiger partial charge in [-0.25, -0.2) is 4.98 Å². The molecule has 0 saturated heterocycles. The Morgan fingerprint density at radius 3 is 1.81 bits per heavy atom. The molecule has 0 aliphatic carbocycles. The molecule has 0 fully saturated rings. The summed E-state index contributed by atoms with van der Waals surface area (Å²) in [6.45, 7) is 25.7. The van der Waals surface area contributed by atoms with Gasteiger partial charge in [-0.3, -0.25) is 4.57 Å². The molecular weight excluding hydrogens is 781 g/mol. The predicted molar refractivity (Wildman–Crippen MR) is 270 cm³/mol. The van der Waals surface area contributed by atoms with Crippen LogP contribution in [0.2, 0.25) is 0 Å². The van der Waals surface area contributed by atoms with E-state index in [1.165, 1.54) is 44.3 Å². The second-order valence-corrected chi connectivity index (χ2v) is 21.2. The molecule has 324 valence electrons. The molecule has 0 radical (unpaired) electrons. The van der Waals surface area contributed by atoms with Gasteiger partial charge in [0.15, 0.2) is 0 Å². The summed E-state index contributed by atoms with van der Waals surface area (Å²) in [7, 11) is 0. The zero-order valence-electron chi connectivity index (χ0n) is 39.5. The van der Waals surface area contributed by atoms with E-state index >= 15 is 0 Å². The van der Waals surface area contributed by atoms with Crippen molar-refractivity contribution in [1.82, 2.24) is 9.55 Å². The number of nitrogens with zero attached hydrogens (tertiary/aromatic N) is 4. The Morgan fingerprint density at radius 2 is 1.11 bits per heavy atom. The predicted octanol–water partition coefficient (Wildman–Crippen LogP) is 15.5. The minimum absolute atomic E-state index is 0.00468. The van der Waals surface area contributed by atoms with Crippen molar-refractivity contribution >= 4 is 38.9 Å². The minimum Gasteiger partial charge on any atom is -0.457 e. The van der Waals surface area contributed by atoms with Crippen molar-refractivity contribution in [3.05, 3.63) is 197 Å². The van der Waals surface area contributed by atoms with Gasteiger partial charge in [0.2, 0.25) is 0 Å². The quantitative estimate of drug-likeness (QED) is 0.153. The number of anilines is 2. The standard InChI is InChI=1S/C59H62N4O/c1-56(2,3)42-23-18-24-46(31-42)61-38-54(40-19-14-12-15-20-40)62(39-61)47-32-45(59(10,11)41-21-16-13-17-22-41)33-49(36-47)64-48-26-27-50-51-34-43(57(4,5)6)25-28-52(51)63(53(50)37-48)55-35-44(29-30-60-55)58(7,8)9/h12-38H,39H2,1-11H3. The molecule has 1 aliphatic heterocycles. The van der Waals surface area contributed by atoms with Gasteiger partial charge in [-0.05, 0) is 110 Å². The molecule has 0 amide bonds. The van der Waals surface area contributed by atoms with Gasteiger partial charge in [0.1, 0.15) is 17.3 Å². The number of hydrogen-bond acceptors (Lipinski definition) is 4. The third-order valence-electron chi connectivity index (χ3n) is 13.1. The van der Waals surface area contributed by atoms with E-state index in [0.29, 0.717) is 6.67 Å². The monoisotopic (exact) mass is 842 g/mol. The number of ether oxygens (including phenoxy) is 1. The fourth-order valence-electron chi connectivity index (χ4n) is 8.96. The Hall–Kier alpha value is -6.59. The summed E-state index contributed by atoms with van der Waals surface area (Å²) in [5.41, 5.74) is 12.6. The Balaban J connectivity index is 1.20. The molecule has 64 heavy (non-hydrogen) atoms. The third-order valence-corrected chi connectivity index (χ3v) is 13.1. The molecule has 5 nitrogen and oxygen atoms in total. The van der Waals surface area contributed by atoms with Crippen LogP contribution in [0.3, 0.4) is 0 Å². The van der Waals surface area contributed by atoms with Crippen LogP contribution in [0.25, 0.3) is 33.3 Å². The van der Waals surface area contributed by atoms with E-state index in [2.05, 4.69) is 248 Å². The summed E-state index contributed by atoms with van der Waals surface area (Å²) in [4.78, 5) is 9.79. The highest BCUT2D eigenvalue weighted by atomic mass is 16.5. The van der Waals surface area contributed by atoms with Crippen LogP contribution < -0.4 is 14.5 Å². The van der Waals surface area contributed by atoms with E-state index < -0.39 is 0 Å². The maximum Gasteiger partial charge on any atom is 0.137 e. The highest BCUT2D eigenvalue weighted by Gasteiger charge is 2.30. The van der Waals surface area contributed by atoms with Crippen LogP contribution in [0.1, 0.15) is 110 Å². The first kappa shape index (κ1) is 42.7. The summed E-state index contributed by atoms with van der Waals surface area (Å²) in [5, 5.41) is 2.37. The lowest BCUT2D eigenvalue weighted by molar-refractivity contribution is 0.480. The average molecular weight is 843 g/mol. The largest absolute Gasteiger partial charge is 0.457 e. The van der Waals surface area contributed by atoms with E-state index in [4.69, 9.17) is 9.72 Å². The maximum absolute atomic E-state index is 7.11. The van der Waals surface area contributed by atoms with E-state index in [1.54, 1.807) is 0 Å². The number of pyridine rings is 1. The van der Waals surface area contributed by atoms with Crippen LogP contribution >= 0.6 is 0 Å². The van der Waals surface area contributed by atoms with E-state index in [9.17, 15) is 0 Å². The van der Waals surface area contributed by atoms with Crippen LogP contribution in [0.5, 0.6) is 11.5 Å². The topological polar surface area (TPSA) is 33.5 Å². The van der Waals surface area contributed by atoms with E-state index in [0.717, 1.165) is 45.3 Å². The second-order valence-electron chi connectivity index (χ2n) is 21.2. The summed E-state index contributed by atoms with van der Waals surface area (Å²) in [5.74, 6) is 2.44. The lowest BCUT2D eigenvalue weighted by Crippen LogP contribution is -2.27. The van der Waals surface area contributed by atoms with Gasteiger partial charge in [0.25, 0.3) is 0 Å². The van der Waals surface area contributed by atoms with Crippen LogP contribution in [0.4, 0.5) is 11.4 Å². The van der Waals surface area contributed by atoms with Crippen LogP contribution in [0, 0.1) is 0 Å². The number of rotatable bonds is 8. The summed E-state index contributed by atoms with van der Waals surface area (Å²) >= 11 is 0. The first-order valence-electron chi connectivity index (χ1n) is 22.7. The molecule has 3 heterocycles. The molecule has 0 saturated carbocycles. The summed E-state index contributed by atoms with van der Waals surface area (Å²) in [6.07, 6.45) is 4.24. The molecular formula is C59H62N4O. The maximum atomic E-state index is 7.11. The van der Waals surface area contributed by atoms with Gasteiger partial charge in [-0.15, -0.1) is 0 Å². The first-order chi connectivity index (χ1) is 30.3. The van der Waals surface area contributed by atoms with Gasteiger partial charge in [-0.2, -0.15) is 0 Å². The highest BCUT2D eigenvalue weighted by molar-refractivity contribution is 6.09. The Morgan fingerprint density at radius 1 is 0.469 bits per heavy atom. The van der Waals surface area contributed by atoms with Gasteiger partial charge in [0, 0.05) is 52.1 Å². The zero-order chi connectivity index (χ0) is 45.2. The Bertz CT molecular complexity index is 3030. The smallest absolute Gasteiger partial charge is 0.137 e. The molecule has 5 heteroatoms. The fraction of sp³-hybridized carbons (Fsp3) is 0.271. The minimum atomic E-state index is -0.322. The van der Waals surface area contributed by atoms with E-state index in [-0.39, 0.29) is 21.7 Å². The molecule has 0 N–H and O–H groups in total. The highest BCUT2D eigenvalue weighted by Crippen LogP contribution is 2.43. The SMILES string of the molecule is CC(C)(C)c1cccc(N2C=C(c3ccccc3)N(c3cc(Oc4ccc5c6cc(C(C)(C)C)ccc6n(-c6cc(C(C)(C)C)ccn6)c5c4)cc(C(C)(C)c4ccccc4)c3)C2)c1. The average Bonchev–Trinajstić information content (AvgIpc) is 3.86. The van der Waals surface area contributed by atoms with Crippen molar-refractivity contribution in [2.45, 2.75) is 97.8 Å². The number of fused-ring (bicyclic) bond motifs is 3. The lowest BCUT2D eigenvalue weighted by Gasteiger charge is -2.30. The van der Waals surface area contributed by atoms with Crippen LogP contribution in [0.15, 0.2) is 164 Å². The Kier molecular flexibility index (Phi) is 10.6. The molecule has 6 aromatic carbocycles. The number of benzene rings is 6. The third kappa shape index (κ3) is 8.20. The van der Waals surface area contributed by atoms with Crippen molar-refractivity contribution < 1.29 is 4.74 Å². The van der Waals surface area contributed by atoms with Gasteiger partial charge in [0.05, 0.1) is 23.4 Å². The van der Waals surface area contributed by atoms with Crippen LogP contribution in [-0.2, 0) is 21.7 Å². The van der Waals surface area contributed by atoms with Gasteiger partial charge < -0.3 is 14.5 Å². The van der Waals surface area contributed by atoms with Crippen molar-refractivity contribution in [1.29, 1.82) is 0 Å². The fourth-order valence-corrected chi connectivity index (χ4v) is 8.96. The molecule has 2 aromatic heterocycles. The Labute approximate surface area is 380 Å². The molecule has 0 spiro atoms. The molecule has 0 bridgehead atoms. The van der Waals surface area contributed by atoms with Crippen molar-refractivity contribution in [2.75, 3.05) is 16.5 Å². The number of hydrogen-bond donors (Lipinski definition) is 0.